The molecule has 0 unspecified atom stereocenters. The molecule has 1 aliphatic carbocycles. The zero-order valence-electron chi connectivity index (χ0n) is 19.8. The summed E-state index contributed by atoms with van der Waals surface area (Å²) in [5.74, 6) is 0.489. The third-order valence-corrected chi connectivity index (χ3v) is 6.91. The molecule has 0 spiro atoms. The van der Waals surface area contributed by atoms with Crippen LogP contribution in [0.3, 0.4) is 0 Å². The molecule has 0 radical (unpaired) electrons. The van der Waals surface area contributed by atoms with Gasteiger partial charge in [0.15, 0.2) is 5.84 Å². The molecule has 4 aromatic rings. The topological polar surface area (TPSA) is 133 Å². The minimum atomic E-state index is -0.297. The van der Waals surface area contributed by atoms with Crippen molar-refractivity contribution < 1.29 is 13.9 Å². The summed E-state index contributed by atoms with van der Waals surface area (Å²) in [6, 6.07) is 14.3. The van der Waals surface area contributed by atoms with Crippen molar-refractivity contribution in [2.75, 3.05) is 7.11 Å². The Morgan fingerprint density at radius 2 is 1.89 bits per heavy atom. The fraction of sp³-hybridized carbons (Fsp3) is 0.259. The van der Waals surface area contributed by atoms with Crippen LogP contribution in [0.25, 0.3) is 33.4 Å². The number of halogens is 1. The smallest absolute Gasteiger partial charge is 0.308 e. The number of hydrogen-bond donors (Lipinski definition) is 4. The van der Waals surface area contributed by atoms with Crippen molar-refractivity contribution in [1.29, 1.82) is 5.41 Å². The predicted octanol–water partition coefficient (Wildman–Crippen LogP) is 5.12. The molecule has 5 N–H and O–H groups in total. The fourth-order valence-corrected chi connectivity index (χ4v) is 5.06. The number of amidine groups is 1. The maximum Gasteiger partial charge on any atom is 0.308 e. The minimum Gasteiger partial charge on any atom is -0.469 e. The second kappa shape index (κ2) is 9.77. The lowest BCUT2D eigenvalue weighted by atomic mass is 9.81. The van der Waals surface area contributed by atoms with Crippen LogP contribution < -0.4 is 5.73 Å². The Bertz CT molecular complexity index is 1460. The quantitative estimate of drug-likeness (QED) is 0.171. The molecule has 1 saturated carbocycles. The summed E-state index contributed by atoms with van der Waals surface area (Å²) in [5.41, 5.74) is 10.0. The van der Waals surface area contributed by atoms with E-state index in [0.29, 0.717) is 22.6 Å². The highest BCUT2D eigenvalue weighted by molar-refractivity contribution is 6.05. The van der Waals surface area contributed by atoms with Gasteiger partial charge in [0.05, 0.1) is 24.2 Å². The van der Waals surface area contributed by atoms with E-state index in [0.717, 1.165) is 54.3 Å². The summed E-state index contributed by atoms with van der Waals surface area (Å²) in [5, 5.41) is 8.26. The molecular weight excluding hydrogens is 459 g/mol. The lowest BCUT2D eigenvalue weighted by Gasteiger charge is -2.25. The van der Waals surface area contributed by atoms with Crippen LogP contribution in [-0.2, 0) is 9.53 Å². The van der Waals surface area contributed by atoms with E-state index in [2.05, 4.69) is 15.0 Å². The SMILES string of the molecule is COC(=O)C1CCC(c2nc(-c3cc4cccc(-c5ccccc5F)c4[nH]3)c(C(N)=NC=N)[nH]2)CC1. The van der Waals surface area contributed by atoms with Gasteiger partial charge in [-0.15, -0.1) is 0 Å². The number of esters is 1. The van der Waals surface area contributed by atoms with E-state index in [1.807, 2.05) is 30.3 Å². The number of H-pyrrole nitrogens is 2. The van der Waals surface area contributed by atoms with Crippen LogP contribution in [0.1, 0.15) is 43.1 Å². The first-order valence-corrected chi connectivity index (χ1v) is 11.9. The fourth-order valence-electron chi connectivity index (χ4n) is 5.06. The second-order valence-electron chi connectivity index (χ2n) is 8.99. The summed E-state index contributed by atoms with van der Waals surface area (Å²) in [7, 11) is 1.42. The van der Waals surface area contributed by atoms with Crippen molar-refractivity contribution in [3.8, 4) is 22.5 Å². The standard InChI is InChI=1S/C27H27FN6O2/c1-36-27(35)16-11-9-15(10-12-16)26-33-23(24(34-26)25(30)31-14-29)21-13-17-5-4-7-19(22(17)32-21)18-6-2-3-8-20(18)28/h2-8,13-16,32H,9-12H2,1H3,(H,33,34)(H3,29,30,31). The monoisotopic (exact) mass is 486 g/mol. The summed E-state index contributed by atoms with van der Waals surface area (Å²) in [4.78, 5) is 27.5. The van der Waals surface area contributed by atoms with Gasteiger partial charge in [-0.2, -0.15) is 0 Å². The van der Waals surface area contributed by atoms with Crippen molar-refractivity contribution in [1.82, 2.24) is 15.0 Å². The average Bonchev–Trinajstić information content (AvgIpc) is 3.54. The normalized spacial score (nSPS) is 18.3. The van der Waals surface area contributed by atoms with E-state index in [-0.39, 0.29) is 29.5 Å². The molecule has 0 aliphatic heterocycles. The Kier molecular flexibility index (Phi) is 6.37. The summed E-state index contributed by atoms with van der Waals surface area (Å²) < 4.78 is 19.5. The molecule has 2 heterocycles. The molecule has 184 valence electrons. The van der Waals surface area contributed by atoms with Crippen LogP contribution in [-0.4, -0.2) is 40.2 Å². The Hall–Kier alpha value is -4.27. The Balaban J connectivity index is 1.56. The van der Waals surface area contributed by atoms with Crippen LogP contribution in [0, 0.1) is 17.1 Å². The van der Waals surface area contributed by atoms with E-state index < -0.39 is 0 Å². The number of ether oxygens (including phenoxy) is 1. The number of nitrogens with two attached hydrogens (primary N) is 1. The van der Waals surface area contributed by atoms with Gasteiger partial charge in [-0.3, -0.25) is 10.2 Å². The average molecular weight is 487 g/mol. The lowest BCUT2D eigenvalue weighted by Crippen LogP contribution is -2.22. The molecule has 2 aromatic heterocycles. The van der Waals surface area contributed by atoms with Crippen molar-refractivity contribution in [3.63, 3.8) is 0 Å². The number of para-hydroxylation sites is 1. The number of aromatic nitrogens is 3. The van der Waals surface area contributed by atoms with E-state index in [1.54, 1.807) is 12.1 Å². The highest BCUT2D eigenvalue weighted by Gasteiger charge is 2.30. The predicted molar refractivity (Wildman–Crippen MR) is 137 cm³/mol. The number of aliphatic imine (C=N–C) groups is 1. The van der Waals surface area contributed by atoms with Gasteiger partial charge < -0.3 is 20.4 Å². The number of aromatic amines is 2. The third kappa shape index (κ3) is 4.28. The molecule has 9 heteroatoms. The number of nitrogens with one attached hydrogen (secondary N) is 3. The van der Waals surface area contributed by atoms with Crippen LogP contribution in [0.5, 0.6) is 0 Å². The molecule has 0 bridgehead atoms. The second-order valence-corrected chi connectivity index (χ2v) is 8.99. The van der Waals surface area contributed by atoms with E-state index in [1.165, 1.54) is 13.2 Å². The van der Waals surface area contributed by atoms with Crippen LogP contribution >= 0.6 is 0 Å². The number of methoxy groups -OCH3 is 1. The van der Waals surface area contributed by atoms with Crippen LogP contribution in [0.2, 0.25) is 0 Å². The summed E-state index contributed by atoms with van der Waals surface area (Å²) in [6.07, 6.45) is 3.93. The Morgan fingerprint density at radius 1 is 1.14 bits per heavy atom. The minimum absolute atomic E-state index is 0.0878. The van der Waals surface area contributed by atoms with Gasteiger partial charge in [-0.25, -0.2) is 14.4 Å². The van der Waals surface area contributed by atoms with Crippen molar-refractivity contribution in [2.24, 2.45) is 16.6 Å². The van der Waals surface area contributed by atoms with Gasteiger partial charge >= 0.3 is 5.97 Å². The number of rotatable bonds is 6. The van der Waals surface area contributed by atoms with Gasteiger partial charge in [0.2, 0.25) is 0 Å². The van der Waals surface area contributed by atoms with E-state index >= 15 is 0 Å². The van der Waals surface area contributed by atoms with Gasteiger partial charge in [0.25, 0.3) is 0 Å². The zero-order valence-corrected chi connectivity index (χ0v) is 19.8. The molecule has 0 atom stereocenters. The summed E-state index contributed by atoms with van der Waals surface area (Å²) >= 11 is 0. The van der Waals surface area contributed by atoms with Crippen molar-refractivity contribution in [2.45, 2.75) is 31.6 Å². The summed E-state index contributed by atoms with van der Waals surface area (Å²) in [6.45, 7) is 0. The first-order chi connectivity index (χ1) is 17.5. The molecule has 5 rings (SSSR count). The zero-order chi connectivity index (χ0) is 25.2. The number of hydrogen-bond acceptors (Lipinski definition) is 4. The number of imidazole rings is 1. The number of fused-ring (bicyclic) bond motifs is 1. The molecule has 2 aromatic carbocycles. The van der Waals surface area contributed by atoms with Crippen LogP contribution in [0.15, 0.2) is 53.5 Å². The van der Waals surface area contributed by atoms with E-state index in [9.17, 15) is 9.18 Å². The largest absolute Gasteiger partial charge is 0.469 e. The van der Waals surface area contributed by atoms with Gasteiger partial charge in [-0.1, -0.05) is 36.4 Å². The number of carbonyl (C=O) groups is 1. The molecule has 1 aliphatic rings. The highest BCUT2D eigenvalue weighted by Crippen LogP contribution is 2.38. The van der Waals surface area contributed by atoms with Crippen molar-refractivity contribution in [3.05, 3.63) is 65.9 Å². The Labute approximate surface area is 207 Å². The number of benzene rings is 2. The van der Waals surface area contributed by atoms with Gasteiger partial charge in [-0.05, 0) is 37.8 Å². The van der Waals surface area contributed by atoms with Gasteiger partial charge in [0.1, 0.15) is 29.4 Å². The third-order valence-electron chi connectivity index (χ3n) is 6.91. The number of nitrogens with zero attached hydrogens (tertiary/aromatic N) is 2. The van der Waals surface area contributed by atoms with Crippen molar-refractivity contribution >= 4 is 29.0 Å². The molecule has 0 amide bonds. The first kappa shape index (κ1) is 23.5. The molecule has 36 heavy (non-hydrogen) atoms. The number of carbonyl (C=O) groups excluding carboxylic acids is 1. The Morgan fingerprint density at radius 3 is 2.61 bits per heavy atom. The molecular formula is C27H27FN6O2. The lowest BCUT2D eigenvalue weighted by molar-refractivity contribution is -0.146. The maximum atomic E-state index is 14.6. The van der Waals surface area contributed by atoms with Gasteiger partial charge in [0, 0.05) is 22.4 Å². The molecule has 8 nitrogen and oxygen atoms in total. The molecule has 0 saturated heterocycles. The van der Waals surface area contributed by atoms with Crippen LogP contribution in [0.4, 0.5) is 4.39 Å². The molecule has 1 fully saturated rings. The maximum absolute atomic E-state index is 14.6. The highest BCUT2D eigenvalue weighted by atomic mass is 19.1. The van der Waals surface area contributed by atoms with E-state index in [4.69, 9.17) is 20.9 Å². The first-order valence-electron chi connectivity index (χ1n) is 11.9.